The number of amides is 1. The van der Waals surface area contributed by atoms with Gasteiger partial charge in [0.25, 0.3) is 5.91 Å². The van der Waals surface area contributed by atoms with Gasteiger partial charge in [-0.05, 0) is 85.6 Å². The number of furan rings is 1. The van der Waals surface area contributed by atoms with E-state index in [0.717, 1.165) is 16.8 Å². The Morgan fingerprint density at radius 2 is 1.62 bits per heavy atom. The van der Waals surface area contributed by atoms with Crippen LogP contribution in [0.5, 0.6) is 0 Å². The minimum Gasteiger partial charge on any atom is -0.439 e. The Morgan fingerprint density at radius 1 is 0.882 bits per heavy atom. The fraction of sp³-hybridized carbons (Fsp3) is 0.0800. The molecule has 1 aromatic heterocycles. The molecule has 34 heavy (non-hydrogen) atoms. The number of nitrogens with one attached hydrogen (secondary N) is 1. The minimum absolute atomic E-state index is 0.0181. The van der Waals surface area contributed by atoms with E-state index in [1.165, 1.54) is 36.4 Å². The van der Waals surface area contributed by atoms with Gasteiger partial charge in [0.2, 0.25) is 14.9 Å². The first-order chi connectivity index (χ1) is 16.2. The number of sulfone groups is 1. The van der Waals surface area contributed by atoms with Crippen molar-refractivity contribution in [3.63, 3.8) is 0 Å². The summed E-state index contributed by atoms with van der Waals surface area (Å²) in [6, 6.07) is 21.1. The third kappa shape index (κ3) is 5.08. The lowest BCUT2D eigenvalue weighted by molar-refractivity contribution is 0.0991. The fourth-order valence-electron chi connectivity index (χ4n) is 3.14. The summed E-state index contributed by atoms with van der Waals surface area (Å²) >= 11 is 5.82. The van der Waals surface area contributed by atoms with E-state index < -0.39 is 15.7 Å². The van der Waals surface area contributed by atoms with E-state index in [0.29, 0.717) is 16.4 Å². The van der Waals surface area contributed by atoms with E-state index in [4.69, 9.17) is 16.0 Å². The number of rotatable bonds is 6. The highest BCUT2D eigenvalue weighted by atomic mass is 35.5. The van der Waals surface area contributed by atoms with Crippen molar-refractivity contribution in [1.29, 1.82) is 0 Å². The predicted molar refractivity (Wildman–Crippen MR) is 130 cm³/mol. The number of anilines is 1. The second-order valence-corrected chi connectivity index (χ2v) is 9.83. The Morgan fingerprint density at radius 3 is 2.32 bits per heavy atom. The molecule has 0 saturated heterocycles. The first kappa shape index (κ1) is 23.4. The Labute approximate surface area is 202 Å². The molecule has 4 aromatic rings. The van der Waals surface area contributed by atoms with Gasteiger partial charge in [0.1, 0.15) is 0 Å². The molecule has 172 valence electrons. The van der Waals surface area contributed by atoms with Crippen LogP contribution in [0, 0.1) is 13.8 Å². The van der Waals surface area contributed by atoms with E-state index in [-0.39, 0.29) is 15.7 Å². The van der Waals surface area contributed by atoms with Crippen LogP contribution in [-0.2, 0) is 9.84 Å². The third-order valence-electron chi connectivity index (χ3n) is 5.04. The zero-order chi connectivity index (χ0) is 24.3. The van der Waals surface area contributed by atoms with Crippen molar-refractivity contribution >= 4 is 44.4 Å². The van der Waals surface area contributed by atoms with Crippen molar-refractivity contribution in [1.82, 2.24) is 0 Å². The topological polar surface area (TPSA) is 101 Å². The van der Waals surface area contributed by atoms with Gasteiger partial charge in [-0.25, -0.2) is 8.42 Å². The van der Waals surface area contributed by atoms with Gasteiger partial charge in [-0.3, -0.25) is 4.79 Å². The molecule has 0 radical (unpaired) electrons. The number of nitrogens with zero attached hydrogens (tertiary/aromatic N) is 2. The molecule has 0 aliphatic carbocycles. The van der Waals surface area contributed by atoms with E-state index in [1.54, 1.807) is 18.2 Å². The molecule has 1 amide bonds. The molecular weight excluding hydrogens is 474 g/mol. The van der Waals surface area contributed by atoms with Crippen molar-refractivity contribution < 1.29 is 17.6 Å². The van der Waals surface area contributed by atoms with Crippen LogP contribution in [0.1, 0.15) is 21.7 Å². The van der Waals surface area contributed by atoms with Crippen LogP contribution < -0.4 is 5.32 Å². The van der Waals surface area contributed by atoms with Crippen molar-refractivity contribution in [3.05, 3.63) is 101 Å². The molecule has 7 nitrogen and oxygen atoms in total. The number of hydrogen-bond donors (Lipinski definition) is 1. The molecule has 0 fully saturated rings. The number of azo groups is 1. The number of benzene rings is 3. The normalized spacial score (nSPS) is 11.6. The Hall–Kier alpha value is -3.75. The molecule has 3 aromatic carbocycles. The van der Waals surface area contributed by atoms with Gasteiger partial charge in [0.15, 0.2) is 5.76 Å². The summed E-state index contributed by atoms with van der Waals surface area (Å²) in [5.41, 5.74) is 3.73. The van der Waals surface area contributed by atoms with Gasteiger partial charge < -0.3 is 9.73 Å². The molecule has 0 bridgehead atoms. The second kappa shape index (κ2) is 9.62. The quantitative estimate of drug-likeness (QED) is 0.291. The van der Waals surface area contributed by atoms with E-state index in [2.05, 4.69) is 15.5 Å². The predicted octanol–water partition coefficient (Wildman–Crippen LogP) is 7.05. The fourth-order valence-corrected chi connectivity index (χ4v) is 4.44. The molecule has 1 heterocycles. The summed E-state index contributed by atoms with van der Waals surface area (Å²) in [7, 11) is -3.92. The molecule has 0 saturated carbocycles. The van der Waals surface area contributed by atoms with Gasteiger partial charge in [-0.2, -0.15) is 10.2 Å². The lowest BCUT2D eigenvalue weighted by Gasteiger charge is -2.07. The van der Waals surface area contributed by atoms with Gasteiger partial charge >= 0.3 is 0 Å². The maximum atomic E-state index is 12.7. The Bertz CT molecular complexity index is 1490. The highest BCUT2D eigenvalue weighted by molar-refractivity contribution is 7.91. The highest BCUT2D eigenvalue weighted by Gasteiger charge is 2.23. The average Bonchev–Trinajstić information content (AvgIpc) is 3.32. The van der Waals surface area contributed by atoms with E-state index in [1.807, 2.05) is 38.1 Å². The average molecular weight is 494 g/mol. The third-order valence-corrected chi connectivity index (χ3v) is 6.93. The maximum Gasteiger partial charge on any atom is 0.291 e. The number of aryl methyl sites for hydroxylation is 2. The molecule has 0 spiro atoms. The second-order valence-electron chi connectivity index (χ2n) is 7.52. The first-order valence-corrected chi connectivity index (χ1v) is 12.1. The molecule has 0 aliphatic heterocycles. The number of carbonyl (C=O) groups is 1. The number of carbonyl (C=O) groups excluding carboxylic acids is 1. The van der Waals surface area contributed by atoms with Crippen LogP contribution in [0.2, 0.25) is 5.02 Å². The van der Waals surface area contributed by atoms with Crippen LogP contribution in [-0.4, -0.2) is 14.3 Å². The molecule has 4 rings (SSSR count). The smallest absolute Gasteiger partial charge is 0.291 e. The van der Waals surface area contributed by atoms with Gasteiger partial charge in [-0.1, -0.05) is 29.8 Å². The summed E-state index contributed by atoms with van der Waals surface area (Å²) in [4.78, 5) is 12.7. The molecule has 9 heteroatoms. The van der Waals surface area contributed by atoms with Crippen molar-refractivity contribution in [3.8, 4) is 0 Å². The molecular formula is C25H20ClN3O4S. The lowest BCUT2D eigenvalue weighted by Crippen LogP contribution is -2.11. The lowest BCUT2D eigenvalue weighted by atomic mass is 10.2. The van der Waals surface area contributed by atoms with Crippen LogP contribution in [0.4, 0.5) is 17.1 Å². The van der Waals surface area contributed by atoms with E-state index >= 15 is 0 Å². The molecule has 0 atom stereocenters. The van der Waals surface area contributed by atoms with Gasteiger partial charge in [0.05, 0.1) is 16.3 Å². The summed E-state index contributed by atoms with van der Waals surface area (Å²) in [6.07, 6.45) is 0. The molecule has 0 unspecified atom stereocenters. The highest BCUT2D eigenvalue weighted by Crippen LogP contribution is 2.27. The van der Waals surface area contributed by atoms with Crippen LogP contribution in [0.3, 0.4) is 0 Å². The summed E-state index contributed by atoms with van der Waals surface area (Å²) < 4.78 is 30.8. The largest absolute Gasteiger partial charge is 0.439 e. The van der Waals surface area contributed by atoms with Crippen molar-refractivity contribution in [2.75, 3.05) is 5.32 Å². The van der Waals surface area contributed by atoms with Gasteiger partial charge in [-0.15, -0.1) is 0 Å². The summed E-state index contributed by atoms with van der Waals surface area (Å²) in [6.45, 7) is 3.78. The van der Waals surface area contributed by atoms with Crippen LogP contribution in [0.25, 0.3) is 0 Å². The Balaban J connectivity index is 1.48. The standard InChI is InChI=1S/C25H20ClN3O4S/c1-16-5-3-4-6-22(16)29-28-19-9-12-21(17(2)15-19)27-25(30)23-13-14-24(33-23)34(31,32)20-10-7-18(26)8-11-20/h3-15H,1-2H3,(H,27,30). The summed E-state index contributed by atoms with van der Waals surface area (Å²) in [5, 5.41) is 11.3. The van der Waals surface area contributed by atoms with Crippen molar-refractivity contribution in [2.24, 2.45) is 10.2 Å². The van der Waals surface area contributed by atoms with Gasteiger partial charge in [0, 0.05) is 10.7 Å². The number of halogens is 1. The minimum atomic E-state index is -3.92. The monoisotopic (exact) mass is 493 g/mol. The van der Waals surface area contributed by atoms with Crippen molar-refractivity contribution in [2.45, 2.75) is 23.8 Å². The zero-order valence-corrected chi connectivity index (χ0v) is 19.9. The number of hydrogen-bond acceptors (Lipinski definition) is 6. The molecule has 1 N–H and O–H groups in total. The zero-order valence-electron chi connectivity index (χ0n) is 18.3. The van der Waals surface area contributed by atoms with E-state index in [9.17, 15) is 13.2 Å². The maximum absolute atomic E-state index is 12.7. The van der Waals surface area contributed by atoms with Crippen LogP contribution in [0.15, 0.2) is 103 Å². The Kier molecular flexibility index (Phi) is 6.63. The van der Waals surface area contributed by atoms with Crippen LogP contribution >= 0.6 is 11.6 Å². The SMILES string of the molecule is Cc1ccccc1N=Nc1ccc(NC(=O)c2ccc(S(=O)(=O)c3ccc(Cl)cc3)o2)c(C)c1. The first-order valence-electron chi connectivity index (χ1n) is 10.2. The molecule has 0 aliphatic rings. The summed E-state index contributed by atoms with van der Waals surface area (Å²) in [5.74, 6) is -0.704.